The van der Waals surface area contributed by atoms with Crippen LogP contribution in [0.15, 0.2) is 0 Å². The summed E-state index contributed by atoms with van der Waals surface area (Å²) in [6.45, 7) is 7.13. The number of ether oxygens (including phenoxy) is 1. The molecule has 2 aliphatic rings. The molecule has 1 N–H and O–H groups in total. The van der Waals surface area contributed by atoms with E-state index in [1.54, 1.807) is 0 Å². The highest BCUT2D eigenvalue weighted by atomic mass is 16.5. The van der Waals surface area contributed by atoms with E-state index >= 15 is 0 Å². The molecular formula is C14H23NO4. The van der Waals surface area contributed by atoms with Gasteiger partial charge in [0.25, 0.3) is 0 Å². The third-order valence-corrected chi connectivity index (χ3v) is 4.01. The van der Waals surface area contributed by atoms with Crippen LogP contribution in [-0.4, -0.2) is 46.7 Å². The van der Waals surface area contributed by atoms with E-state index in [-0.39, 0.29) is 29.4 Å². The van der Waals surface area contributed by atoms with Gasteiger partial charge in [0, 0.05) is 19.0 Å². The zero-order chi connectivity index (χ0) is 14.2. The van der Waals surface area contributed by atoms with E-state index in [0.29, 0.717) is 32.4 Å². The van der Waals surface area contributed by atoms with E-state index in [9.17, 15) is 9.59 Å². The SMILES string of the molecule is CC1CN(C(=O)[C@@H]2CC[C@H](C(=O)O)C2)CC(C)(C)O1. The van der Waals surface area contributed by atoms with Crippen LogP contribution in [0.25, 0.3) is 0 Å². The Morgan fingerprint density at radius 2 is 1.89 bits per heavy atom. The molecule has 0 bridgehead atoms. The molecule has 0 aromatic heterocycles. The van der Waals surface area contributed by atoms with Gasteiger partial charge in [-0.3, -0.25) is 9.59 Å². The predicted molar refractivity (Wildman–Crippen MR) is 69.7 cm³/mol. The fourth-order valence-corrected chi connectivity index (χ4v) is 3.31. The van der Waals surface area contributed by atoms with E-state index in [2.05, 4.69) is 0 Å². The van der Waals surface area contributed by atoms with Crippen LogP contribution in [0, 0.1) is 11.8 Å². The molecule has 5 heteroatoms. The molecule has 19 heavy (non-hydrogen) atoms. The van der Waals surface area contributed by atoms with Crippen LogP contribution in [0.4, 0.5) is 0 Å². The fraction of sp³-hybridized carbons (Fsp3) is 0.857. The molecule has 0 aromatic carbocycles. The quantitative estimate of drug-likeness (QED) is 0.825. The summed E-state index contributed by atoms with van der Waals surface area (Å²) in [5.41, 5.74) is -0.321. The van der Waals surface area contributed by atoms with E-state index in [1.165, 1.54) is 0 Å². The van der Waals surface area contributed by atoms with Gasteiger partial charge in [-0.2, -0.15) is 0 Å². The number of carboxylic acids is 1. The number of morpholine rings is 1. The third-order valence-electron chi connectivity index (χ3n) is 4.01. The lowest BCUT2D eigenvalue weighted by Gasteiger charge is -2.42. The third kappa shape index (κ3) is 3.26. The van der Waals surface area contributed by atoms with E-state index < -0.39 is 5.97 Å². The Labute approximate surface area is 113 Å². The molecule has 0 spiro atoms. The minimum atomic E-state index is -0.772. The highest BCUT2D eigenvalue weighted by Crippen LogP contribution is 2.33. The van der Waals surface area contributed by atoms with Crippen LogP contribution in [-0.2, 0) is 14.3 Å². The number of hydrogen-bond donors (Lipinski definition) is 1. The number of rotatable bonds is 2. The minimum Gasteiger partial charge on any atom is -0.481 e. The average Bonchev–Trinajstić information content (AvgIpc) is 2.74. The Hall–Kier alpha value is -1.10. The summed E-state index contributed by atoms with van der Waals surface area (Å²) >= 11 is 0. The van der Waals surface area contributed by atoms with Gasteiger partial charge >= 0.3 is 5.97 Å². The number of carbonyl (C=O) groups excluding carboxylic acids is 1. The van der Waals surface area contributed by atoms with Gasteiger partial charge in [0.1, 0.15) is 0 Å². The second-order valence-corrected chi connectivity index (χ2v) is 6.45. The maximum Gasteiger partial charge on any atom is 0.306 e. The second kappa shape index (κ2) is 5.12. The number of nitrogens with zero attached hydrogens (tertiary/aromatic N) is 1. The summed E-state index contributed by atoms with van der Waals surface area (Å²) in [6, 6.07) is 0. The average molecular weight is 269 g/mol. The molecule has 108 valence electrons. The molecule has 1 saturated heterocycles. The van der Waals surface area contributed by atoms with Gasteiger partial charge in [-0.05, 0) is 40.0 Å². The molecule has 1 aliphatic carbocycles. The zero-order valence-corrected chi connectivity index (χ0v) is 11.9. The second-order valence-electron chi connectivity index (χ2n) is 6.45. The largest absolute Gasteiger partial charge is 0.481 e. The monoisotopic (exact) mass is 269 g/mol. The molecule has 1 aliphatic heterocycles. The van der Waals surface area contributed by atoms with Crippen molar-refractivity contribution in [1.82, 2.24) is 4.90 Å². The van der Waals surface area contributed by atoms with Crippen LogP contribution in [0.3, 0.4) is 0 Å². The summed E-state index contributed by atoms with van der Waals surface area (Å²) in [4.78, 5) is 25.3. The van der Waals surface area contributed by atoms with Crippen LogP contribution in [0.5, 0.6) is 0 Å². The van der Waals surface area contributed by atoms with Crippen molar-refractivity contribution >= 4 is 11.9 Å². The lowest BCUT2D eigenvalue weighted by Crippen LogP contribution is -2.54. The molecule has 1 unspecified atom stereocenters. The molecule has 1 heterocycles. The molecule has 2 rings (SSSR count). The Kier molecular flexibility index (Phi) is 3.85. The molecule has 2 fully saturated rings. The molecule has 1 saturated carbocycles. The summed E-state index contributed by atoms with van der Waals surface area (Å²) in [6.07, 6.45) is 1.83. The molecule has 0 radical (unpaired) electrons. The molecule has 3 atom stereocenters. The summed E-state index contributed by atoms with van der Waals surface area (Å²) in [5, 5.41) is 9.00. The topological polar surface area (TPSA) is 66.8 Å². The first-order valence-corrected chi connectivity index (χ1v) is 6.98. The number of hydrogen-bond acceptors (Lipinski definition) is 3. The van der Waals surface area contributed by atoms with Crippen LogP contribution in [0.2, 0.25) is 0 Å². The van der Waals surface area contributed by atoms with Gasteiger partial charge in [0.2, 0.25) is 5.91 Å². The maximum absolute atomic E-state index is 12.5. The van der Waals surface area contributed by atoms with Crippen molar-refractivity contribution in [3.05, 3.63) is 0 Å². The normalized spacial score (nSPS) is 34.3. The van der Waals surface area contributed by atoms with Gasteiger partial charge in [-0.15, -0.1) is 0 Å². The van der Waals surface area contributed by atoms with Gasteiger partial charge in [0.05, 0.1) is 17.6 Å². The number of amides is 1. The first-order valence-electron chi connectivity index (χ1n) is 6.98. The zero-order valence-electron chi connectivity index (χ0n) is 11.9. The first kappa shape index (κ1) is 14.3. The van der Waals surface area contributed by atoms with Crippen molar-refractivity contribution in [3.8, 4) is 0 Å². The van der Waals surface area contributed by atoms with E-state index in [1.807, 2.05) is 25.7 Å². The molecule has 1 amide bonds. The Bertz CT molecular complexity index is 380. The number of carboxylic acid groups (broad SMARTS) is 1. The van der Waals surface area contributed by atoms with Gasteiger partial charge < -0.3 is 14.7 Å². The first-order chi connectivity index (χ1) is 8.78. The van der Waals surface area contributed by atoms with E-state index in [4.69, 9.17) is 9.84 Å². The van der Waals surface area contributed by atoms with Gasteiger partial charge in [-0.25, -0.2) is 0 Å². The summed E-state index contributed by atoms with van der Waals surface area (Å²) in [5.74, 6) is -1.14. The van der Waals surface area contributed by atoms with Crippen LogP contribution >= 0.6 is 0 Å². The van der Waals surface area contributed by atoms with Crippen molar-refractivity contribution in [2.75, 3.05) is 13.1 Å². The van der Waals surface area contributed by atoms with Crippen molar-refractivity contribution in [2.45, 2.75) is 51.7 Å². The minimum absolute atomic E-state index is 0.0318. The van der Waals surface area contributed by atoms with Crippen molar-refractivity contribution in [1.29, 1.82) is 0 Å². The Balaban J connectivity index is 1.98. The smallest absolute Gasteiger partial charge is 0.306 e. The van der Waals surface area contributed by atoms with Gasteiger partial charge in [0.15, 0.2) is 0 Å². The molecule has 5 nitrogen and oxygen atoms in total. The maximum atomic E-state index is 12.5. The lowest BCUT2D eigenvalue weighted by atomic mass is 10.00. The highest BCUT2D eigenvalue weighted by Gasteiger charge is 2.40. The van der Waals surface area contributed by atoms with Crippen LogP contribution < -0.4 is 0 Å². The molecular weight excluding hydrogens is 246 g/mol. The van der Waals surface area contributed by atoms with Gasteiger partial charge in [-0.1, -0.05) is 0 Å². The van der Waals surface area contributed by atoms with E-state index in [0.717, 1.165) is 0 Å². The summed E-state index contributed by atoms with van der Waals surface area (Å²) < 4.78 is 5.79. The number of carbonyl (C=O) groups is 2. The van der Waals surface area contributed by atoms with Crippen molar-refractivity contribution < 1.29 is 19.4 Å². The van der Waals surface area contributed by atoms with Crippen LogP contribution in [0.1, 0.15) is 40.0 Å². The summed E-state index contributed by atoms with van der Waals surface area (Å²) in [7, 11) is 0. The predicted octanol–water partition coefficient (Wildman–Crippen LogP) is 1.51. The van der Waals surface area contributed by atoms with Crippen molar-refractivity contribution in [3.63, 3.8) is 0 Å². The fourth-order valence-electron chi connectivity index (χ4n) is 3.31. The standard InChI is InChI=1S/C14H23NO4/c1-9-7-15(8-14(2,3)19-9)12(16)10-4-5-11(6-10)13(17)18/h9-11H,4-8H2,1-3H3,(H,17,18)/t9?,10-,11+/m1/s1. The lowest BCUT2D eigenvalue weighted by molar-refractivity contribution is -0.161. The number of aliphatic carboxylic acids is 1. The van der Waals surface area contributed by atoms with Crippen molar-refractivity contribution in [2.24, 2.45) is 11.8 Å². The molecule has 0 aromatic rings. The Morgan fingerprint density at radius 1 is 1.26 bits per heavy atom. The Morgan fingerprint density at radius 3 is 2.42 bits per heavy atom. The highest BCUT2D eigenvalue weighted by molar-refractivity contribution is 5.81.